The fourth-order valence-electron chi connectivity index (χ4n) is 2.01. The molecule has 0 aromatic carbocycles. The summed E-state index contributed by atoms with van der Waals surface area (Å²) in [6.07, 6.45) is 2.86. The molecule has 0 unspecified atom stereocenters. The minimum absolute atomic E-state index is 0.120. The summed E-state index contributed by atoms with van der Waals surface area (Å²) in [6.45, 7) is 3.67. The molecule has 0 spiro atoms. The van der Waals surface area contributed by atoms with Gasteiger partial charge in [-0.15, -0.1) is 0 Å². The minimum atomic E-state index is -0.305. The Kier molecular flexibility index (Phi) is 4.54. The number of piperidine rings is 1. The number of hydrogen-bond donors (Lipinski definition) is 1. The zero-order valence-electron chi connectivity index (χ0n) is 10.1. The molecule has 15 heavy (non-hydrogen) atoms. The van der Waals surface area contributed by atoms with E-state index in [2.05, 4.69) is 19.0 Å². The highest BCUT2D eigenvalue weighted by Crippen LogP contribution is 2.14. The quantitative estimate of drug-likeness (QED) is 0.732. The molecule has 4 heteroatoms. The molecule has 0 aromatic heterocycles. The highest BCUT2D eigenvalue weighted by atomic mass is 16.2. The molecule has 1 amide bonds. The number of hydrogen-bond acceptors (Lipinski definition) is 3. The monoisotopic (exact) mass is 213 g/mol. The summed E-state index contributed by atoms with van der Waals surface area (Å²) in [5.74, 6) is 0.120. The average molecular weight is 213 g/mol. The molecule has 0 aromatic rings. The van der Waals surface area contributed by atoms with Crippen LogP contribution in [0.5, 0.6) is 0 Å². The van der Waals surface area contributed by atoms with Gasteiger partial charge in [-0.2, -0.15) is 0 Å². The van der Waals surface area contributed by atoms with Crippen LogP contribution in [0.25, 0.3) is 0 Å². The van der Waals surface area contributed by atoms with E-state index in [4.69, 9.17) is 5.73 Å². The normalized spacial score (nSPS) is 20.7. The summed E-state index contributed by atoms with van der Waals surface area (Å²) >= 11 is 0. The van der Waals surface area contributed by atoms with Crippen LogP contribution in [0.2, 0.25) is 0 Å². The molecule has 1 aliphatic heterocycles. The maximum atomic E-state index is 11.8. The molecule has 2 N–H and O–H groups in total. The predicted octanol–water partition coefficient (Wildman–Crippen LogP) is 0.276. The van der Waals surface area contributed by atoms with Crippen molar-refractivity contribution in [1.82, 2.24) is 9.80 Å². The topological polar surface area (TPSA) is 49.6 Å². The van der Waals surface area contributed by atoms with Gasteiger partial charge in [0, 0.05) is 19.1 Å². The summed E-state index contributed by atoms with van der Waals surface area (Å²) in [5, 5.41) is 0. The van der Waals surface area contributed by atoms with Crippen molar-refractivity contribution in [3.63, 3.8) is 0 Å². The van der Waals surface area contributed by atoms with E-state index in [1.54, 1.807) is 0 Å². The molecule has 4 nitrogen and oxygen atoms in total. The van der Waals surface area contributed by atoms with Crippen molar-refractivity contribution in [2.45, 2.75) is 38.3 Å². The molecule has 0 radical (unpaired) electrons. The first-order valence-electron chi connectivity index (χ1n) is 5.77. The van der Waals surface area contributed by atoms with Crippen LogP contribution in [-0.2, 0) is 4.79 Å². The van der Waals surface area contributed by atoms with Crippen molar-refractivity contribution in [2.24, 2.45) is 5.73 Å². The Balaban J connectivity index is 2.40. The van der Waals surface area contributed by atoms with Crippen LogP contribution in [0.1, 0.15) is 26.2 Å². The van der Waals surface area contributed by atoms with Gasteiger partial charge in [0.2, 0.25) is 5.91 Å². The molecule has 1 heterocycles. The lowest BCUT2D eigenvalue weighted by Gasteiger charge is -2.36. The number of nitrogens with two attached hydrogens (primary N) is 1. The van der Waals surface area contributed by atoms with Crippen LogP contribution in [0.15, 0.2) is 0 Å². The summed E-state index contributed by atoms with van der Waals surface area (Å²) < 4.78 is 0. The summed E-state index contributed by atoms with van der Waals surface area (Å²) in [7, 11) is 4.19. The molecular formula is C11H23N3O. The third kappa shape index (κ3) is 3.18. The molecule has 1 rings (SSSR count). The smallest absolute Gasteiger partial charge is 0.239 e. The summed E-state index contributed by atoms with van der Waals surface area (Å²) in [5.41, 5.74) is 5.74. The predicted molar refractivity (Wildman–Crippen MR) is 61.6 cm³/mol. The number of nitrogens with zero attached hydrogens (tertiary/aromatic N) is 2. The van der Waals surface area contributed by atoms with Crippen molar-refractivity contribution in [2.75, 3.05) is 27.2 Å². The van der Waals surface area contributed by atoms with Gasteiger partial charge >= 0.3 is 0 Å². The maximum absolute atomic E-state index is 11.8. The third-order valence-corrected chi connectivity index (χ3v) is 3.26. The Morgan fingerprint density at radius 3 is 2.40 bits per heavy atom. The van der Waals surface area contributed by atoms with E-state index in [-0.39, 0.29) is 11.9 Å². The standard InChI is InChI=1S/C11H23N3O/c1-4-10(12)11(15)14-7-5-9(6-8-14)13(2)3/h9-10H,4-8,12H2,1-3H3/t10-/m0/s1. The van der Waals surface area contributed by atoms with E-state index < -0.39 is 0 Å². The Labute approximate surface area is 92.4 Å². The molecule has 1 saturated heterocycles. The first-order chi connectivity index (χ1) is 7.06. The van der Waals surface area contributed by atoms with Crippen LogP contribution < -0.4 is 5.73 Å². The lowest BCUT2D eigenvalue weighted by molar-refractivity contribution is -0.134. The van der Waals surface area contributed by atoms with Gasteiger partial charge in [-0.05, 0) is 33.4 Å². The second-order valence-corrected chi connectivity index (χ2v) is 4.53. The van der Waals surface area contributed by atoms with E-state index in [0.29, 0.717) is 6.04 Å². The lowest BCUT2D eigenvalue weighted by Crippen LogP contribution is -2.49. The lowest BCUT2D eigenvalue weighted by atomic mass is 10.0. The van der Waals surface area contributed by atoms with Gasteiger partial charge in [0.1, 0.15) is 0 Å². The number of carbonyl (C=O) groups is 1. The summed E-state index contributed by atoms with van der Waals surface area (Å²) in [4.78, 5) is 15.9. The first-order valence-corrected chi connectivity index (χ1v) is 5.77. The highest BCUT2D eigenvalue weighted by molar-refractivity contribution is 5.81. The van der Waals surface area contributed by atoms with Crippen LogP contribution in [0.4, 0.5) is 0 Å². The van der Waals surface area contributed by atoms with Crippen molar-refractivity contribution >= 4 is 5.91 Å². The van der Waals surface area contributed by atoms with E-state index in [1.165, 1.54) is 0 Å². The van der Waals surface area contributed by atoms with Gasteiger partial charge in [0.05, 0.1) is 6.04 Å². The molecule has 88 valence electrons. The second-order valence-electron chi connectivity index (χ2n) is 4.53. The molecule has 0 bridgehead atoms. The zero-order valence-corrected chi connectivity index (χ0v) is 10.1. The van der Waals surface area contributed by atoms with Crippen molar-refractivity contribution in [1.29, 1.82) is 0 Å². The molecule has 1 aliphatic rings. The zero-order chi connectivity index (χ0) is 11.4. The van der Waals surface area contributed by atoms with Crippen LogP contribution >= 0.6 is 0 Å². The molecule has 1 atom stereocenters. The van der Waals surface area contributed by atoms with Gasteiger partial charge in [0.15, 0.2) is 0 Å². The fraction of sp³-hybridized carbons (Fsp3) is 0.909. The Morgan fingerprint density at radius 1 is 1.47 bits per heavy atom. The molecule has 0 saturated carbocycles. The van der Waals surface area contributed by atoms with Crippen LogP contribution in [-0.4, -0.2) is 55.0 Å². The molecule has 1 fully saturated rings. The first kappa shape index (κ1) is 12.5. The van der Waals surface area contributed by atoms with Crippen molar-refractivity contribution < 1.29 is 4.79 Å². The number of amides is 1. The van der Waals surface area contributed by atoms with Crippen molar-refractivity contribution in [3.8, 4) is 0 Å². The Morgan fingerprint density at radius 2 is 2.00 bits per heavy atom. The van der Waals surface area contributed by atoms with Crippen LogP contribution in [0.3, 0.4) is 0 Å². The molecule has 0 aliphatic carbocycles. The van der Waals surface area contributed by atoms with Crippen molar-refractivity contribution in [3.05, 3.63) is 0 Å². The Hall–Kier alpha value is -0.610. The van der Waals surface area contributed by atoms with Gasteiger partial charge in [-0.3, -0.25) is 4.79 Å². The minimum Gasteiger partial charge on any atom is -0.341 e. The third-order valence-electron chi connectivity index (χ3n) is 3.26. The average Bonchev–Trinajstić information content (AvgIpc) is 2.27. The fourth-order valence-corrected chi connectivity index (χ4v) is 2.01. The summed E-state index contributed by atoms with van der Waals surface area (Å²) in [6, 6.07) is 0.313. The Bertz CT molecular complexity index is 210. The number of rotatable bonds is 3. The maximum Gasteiger partial charge on any atom is 0.239 e. The van der Waals surface area contributed by atoms with E-state index in [1.807, 2.05) is 11.8 Å². The van der Waals surface area contributed by atoms with E-state index in [9.17, 15) is 4.79 Å². The number of carbonyl (C=O) groups excluding carboxylic acids is 1. The van der Waals surface area contributed by atoms with Gasteiger partial charge in [-0.25, -0.2) is 0 Å². The van der Waals surface area contributed by atoms with E-state index >= 15 is 0 Å². The largest absolute Gasteiger partial charge is 0.341 e. The van der Waals surface area contributed by atoms with Gasteiger partial charge < -0.3 is 15.5 Å². The molecular weight excluding hydrogens is 190 g/mol. The highest BCUT2D eigenvalue weighted by Gasteiger charge is 2.25. The SMILES string of the molecule is CC[C@H](N)C(=O)N1CCC(N(C)C)CC1. The number of likely N-dealkylation sites (tertiary alicyclic amines) is 1. The second kappa shape index (κ2) is 5.47. The van der Waals surface area contributed by atoms with Gasteiger partial charge in [-0.1, -0.05) is 6.92 Å². The van der Waals surface area contributed by atoms with Crippen LogP contribution in [0, 0.1) is 0 Å². The van der Waals surface area contributed by atoms with E-state index in [0.717, 1.165) is 32.4 Å². The van der Waals surface area contributed by atoms with Gasteiger partial charge in [0.25, 0.3) is 0 Å².